The van der Waals surface area contributed by atoms with Gasteiger partial charge in [0, 0.05) is 39.6 Å². The third-order valence-electron chi connectivity index (χ3n) is 8.84. The van der Waals surface area contributed by atoms with E-state index in [0.29, 0.717) is 13.2 Å². The summed E-state index contributed by atoms with van der Waals surface area (Å²) in [4.78, 5) is 0. The Labute approximate surface area is 317 Å². The Hall–Kier alpha value is -0.800. The van der Waals surface area contributed by atoms with Crippen LogP contribution in [-0.4, -0.2) is 64.8 Å². The molecule has 0 aromatic rings. The molecule has 0 fully saturated rings. The zero-order chi connectivity index (χ0) is 37.3. The maximum Gasteiger partial charge on any atom is 0.180 e. The van der Waals surface area contributed by atoms with Crippen molar-refractivity contribution in [3.05, 3.63) is 24.3 Å². The molecule has 0 aliphatic rings. The molecule has 7 nitrogen and oxygen atoms in total. The van der Waals surface area contributed by atoms with Gasteiger partial charge in [0.2, 0.25) is 0 Å². The number of hydrogen-bond acceptors (Lipinski definition) is 7. The van der Waals surface area contributed by atoms with Gasteiger partial charge in [-0.05, 0) is 103 Å². The van der Waals surface area contributed by atoms with Crippen LogP contribution in [-0.2, 0) is 33.2 Å². The number of hydrogen-bond donors (Lipinski definition) is 0. The predicted molar refractivity (Wildman–Crippen MR) is 215 cm³/mol. The van der Waals surface area contributed by atoms with E-state index in [-0.39, 0.29) is 12.6 Å². The minimum Gasteiger partial charge on any atom is -0.353 e. The first-order chi connectivity index (χ1) is 25.1. The fourth-order valence-corrected chi connectivity index (χ4v) is 5.71. The van der Waals surface area contributed by atoms with Gasteiger partial charge in [-0.3, -0.25) is 0 Å². The van der Waals surface area contributed by atoms with Gasteiger partial charge in [0.1, 0.15) is 0 Å². The Bertz CT molecular complexity index is 630. The Morgan fingerprint density at radius 2 is 0.686 bits per heavy atom. The molecule has 304 valence electrons. The van der Waals surface area contributed by atoms with Crippen molar-refractivity contribution in [3.8, 4) is 0 Å². The van der Waals surface area contributed by atoms with Crippen LogP contribution in [0.5, 0.6) is 0 Å². The van der Waals surface area contributed by atoms with Crippen LogP contribution in [0.1, 0.15) is 196 Å². The van der Waals surface area contributed by atoms with Crippen molar-refractivity contribution < 1.29 is 33.2 Å². The van der Waals surface area contributed by atoms with Crippen molar-refractivity contribution in [2.24, 2.45) is 0 Å². The van der Waals surface area contributed by atoms with Crippen molar-refractivity contribution in [2.75, 3.05) is 39.6 Å². The average Bonchev–Trinajstić information content (AvgIpc) is 3.13. The normalized spacial score (nSPS) is 13.5. The Morgan fingerprint density at radius 1 is 0.353 bits per heavy atom. The van der Waals surface area contributed by atoms with Gasteiger partial charge >= 0.3 is 0 Å². The number of rotatable bonds is 42. The molecule has 0 saturated carbocycles. The fraction of sp³-hybridized carbons (Fsp3) is 0.909. The summed E-state index contributed by atoms with van der Waals surface area (Å²) in [7, 11) is 0. The lowest BCUT2D eigenvalue weighted by Crippen LogP contribution is -2.24. The summed E-state index contributed by atoms with van der Waals surface area (Å²) in [5, 5.41) is 0. The Kier molecular flexibility index (Phi) is 41.3. The molecule has 0 aromatic heterocycles. The number of ether oxygens (including phenoxy) is 7. The van der Waals surface area contributed by atoms with Crippen LogP contribution in [0.2, 0.25) is 0 Å². The molecule has 0 heterocycles. The van der Waals surface area contributed by atoms with E-state index in [1.54, 1.807) is 0 Å². The lowest BCUT2D eigenvalue weighted by molar-refractivity contribution is -0.204. The van der Waals surface area contributed by atoms with Gasteiger partial charge in [0.25, 0.3) is 0 Å². The molecule has 0 rings (SSSR count). The van der Waals surface area contributed by atoms with Crippen LogP contribution in [0.15, 0.2) is 24.3 Å². The molecule has 2 atom stereocenters. The molecule has 2 unspecified atom stereocenters. The van der Waals surface area contributed by atoms with Gasteiger partial charge in [-0.25, -0.2) is 0 Å². The molecule has 0 N–H and O–H groups in total. The Balaban J connectivity index is 4.65. The summed E-state index contributed by atoms with van der Waals surface area (Å²) in [6.07, 6.45) is 35.0. The Morgan fingerprint density at radius 3 is 0.980 bits per heavy atom. The third-order valence-corrected chi connectivity index (χ3v) is 8.84. The van der Waals surface area contributed by atoms with Crippen LogP contribution in [0, 0.1) is 0 Å². The van der Waals surface area contributed by atoms with Crippen molar-refractivity contribution in [2.45, 2.75) is 221 Å². The minimum absolute atomic E-state index is 0.0841. The monoisotopic (exact) mass is 727 g/mol. The largest absolute Gasteiger partial charge is 0.353 e. The lowest BCUT2D eigenvalue weighted by Gasteiger charge is -2.20. The maximum absolute atomic E-state index is 6.21. The smallest absolute Gasteiger partial charge is 0.180 e. The molecule has 51 heavy (non-hydrogen) atoms. The summed E-state index contributed by atoms with van der Waals surface area (Å²) in [5.74, 6) is 0. The second-order valence-electron chi connectivity index (χ2n) is 13.8. The molecule has 0 saturated heterocycles. The third kappa shape index (κ3) is 36.0. The van der Waals surface area contributed by atoms with E-state index >= 15 is 0 Å². The molecule has 0 aliphatic carbocycles. The van der Waals surface area contributed by atoms with E-state index in [1.807, 2.05) is 26.0 Å². The first kappa shape index (κ1) is 50.2. The van der Waals surface area contributed by atoms with E-state index in [0.717, 1.165) is 103 Å². The predicted octanol–water partition coefficient (Wildman–Crippen LogP) is 13.0. The minimum atomic E-state index is -0.438. The highest BCUT2D eigenvalue weighted by Gasteiger charge is 2.13. The summed E-state index contributed by atoms with van der Waals surface area (Å²) in [6, 6.07) is 0. The van der Waals surface area contributed by atoms with Crippen molar-refractivity contribution in [1.82, 2.24) is 0 Å². The van der Waals surface area contributed by atoms with E-state index in [4.69, 9.17) is 33.2 Å². The van der Waals surface area contributed by atoms with Crippen LogP contribution in [0.4, 0.5) is 0 Å². The molecule has 7 heteroatoms. The van der Waals surface area contributed by atoms with Crippen molar-refractivity contribution >= 4 is 0 Å². The number of allylic oxidation sites excluding steroid dienone is 2. The van der Waals surface area contributed by atoms with E-state index in [1.165, 1.54) is 77.0 Å². The first-order valence-electron chi connectivity index (χ1n) is 21.8. The van der Waals surface area contributed by atoms with Gasteiger partial charge in [-0.15, -0.1) is 0 Å². The standard InChI is InChI=1S/C44H86O7/c1-7-13-17-29-37-47-41(48-38-30-18-14-8-2)33-25-21-23-27-35-43(45-11-5)51-44(46-12-6)36-28-24-22-26-34-42(49-39-31-19-15-9-3)50-40-32-20-16-10-4/h27-28,35-36,41-44H,7-26,29-34,37-40H2,1-6H3. The topological polar surface area (TPSA) is 64.6 Å². The van der Waals surface area contributed by atoms with Gasteiger partial charge < -0.3 is 33.2 Å². The second kappa shape index (κ2) is 41.9. The molecular formula is C44H86O7. The first-order valence-corrected chi connectivity index (χ1v) is 21.8. The van der Waals surface area contributed by atoms with E-state index in [9.17, 15) is 0 Å². The SMILES string of the molecule is CCCCCCOC(CCCCC=CC(OCC)OC(C=CCCCCC(OCCCCCC)OCCCCCC)OCC)OCCCCCC. The summed E-state index contributed by atoms with van der Waals surface area (Å²) in [5.41, 5.74) is 0. The van der Waals surface area contributed by atoms with Gasteiger partial charge in [0.05, 0.1) is 0 Å². The summed E-state index contributed by atoms with van der Waals surface area (Å²) in [6.45, 7) is 17.3. The molecule has 0 aliphatic heterocycles. The van der Waals surface area contributed by atoms with Gasteiger partial charge in [-0.2, -0.15) is 0 Å². The quantitative estimate of drug-likeness (QED) is 0.0352. The average molecular weight is 727 g/mol. The highest BCUT2D eigenvalue weighted by molar-refractivity contribution is 4.89. The highest BCUT2D eigenvalue weighted by atomic mass is 16.8. The van der Waals surface area contributed by atoms with Crippen molar-refractivity contribution in [3.63, 3.8) is 0 Å². The zero-order valence-corrected chi connectivity index (χ0v) is 34.7. The van der Waals surface area contributed by atoms with Gasteiger partial charge in [-0.1, -0.05) is 117 Å². The van der Waals surface area contributed by atoms with E-state index < -0.39 is 12.6 Å². The van der Waals surface area contributed by atoms with Gasteiger partial charge in [0.15, 0.2) is 25.2 Å². The highest BCUT2D eigenvalue weighted by Crippen LogP contribution is 2.15. The molecular weight excluding hydrogens is 640 g/mol. The van der Waals surface area contributed by atoms with Crippen LogP contribution in [0.3, 0.4) is 0 Å². The molecule has 0 aromatic carbocycles. The molecule has 0 spiro atoms. The van der Waals surface area contributed by atoms with E-state index in [2.05, 4.69) is 39.8 Å². The second-order valence-corrected chi connectivity index (χ2v) is 13.8. The molecule has 0 radical (unpaired) electrons. The van der Waals surface area contributed by atoms with Crippen LogP contribution >= 0.6 is 0 Å². The summed E-state index contributed by atoms with van der Waals surface area (Å²) < 4.78 is 42.6. The fourth-order valence-electron chi connectivity index (χ4n) is 5.71. The van der Waals surface area contributed by atoms with Crippen LogP contribution in [0.25, 0.3) is 0 Å². The number of unbranched alkanes of at least 4 members (excludes halogenated alkanes) is 16. The summed E-state index contributed by atoms with van der Waals surface area (Å²) >= 11 is 0. The zero-order valence-electron chi connectivity index (χ0n) is 34.7. The molecule has 0 amide bonds. The lowest BCUT2D eigenvalue weighted by atomic mass is 10.1. The van der Waals surface area contributed by atoms with Crippen molar-refractivity contribution in [1.29, 1.82) is 0 Å². The van der Waals surface area contributed by atoms with Crippen LogP contribution < -0.4 is 0 Å². The maximum atomic E-state index is 6.21. The molecule has 0 bridgehead atoms.